The number of rotatable bonds is 10. The van der Waals surface area contributed by atoms with Gasteiger partial charge in [0.2, 0.25) is 11.6 Å². The largest absolute Gasteiger partial charge is 0.469 e. The molecule has 2 aromatic carbocycles. The molecular formula is C32H24O6S3. The van der Waals surface area contributed by atoms with E-state index in [1.165, 1.54) is 48.2 Å². The number of carbonyl (C=O) groups excluding carboxylic acids is 4. The summed E-state index contributed by atoms with van der Waals surface area (Å²) in [7, 11) is 2.67. The molecule has 0 atom stereocenters. The average molecular weight is 601 g/mol. The van der Waals surface area contributed by atoms with E-state index in [9.17, 15) is 19.2 Å². The summed E-state index contributed by atoms with van der Waals surface area (Å²) in [4.78, 5) is 55.3. The van der Waals surface area contributed by atoms with E-state index in [0.717, 1.165) is 19.5 Å². The van der Waals surface area contributed by atoms with Gasteiger partial charge in [-0.15, -0.1) is 34.0 Å². The van der Waals surface area contributed by atoms with Crippen LogP contribution in [0.5, 0.6) is 0 Å². The van der Waals surface area contributed by atoms with E-state index < -0.39 is 11.9 Å². The topological polar surface area (TPSA) is 86.7 Å². The Balaban J connectivity index is 1.54. The smallest absolute Gasteiger partial charge is 0.310 e. The molecule has 0 aliphatic rings. The maximum atomic E-state index is 13.2. The van der Waals surface area contributed by atoms with Gasteiger partial charge in [0, 0.05) is 30.6 Å². The van der Waals surface area contributed by atoms with E-state index in [-0.39, 0.29) is 24.4 Å². The number of thiophene rings is 3. The average Bonchev–Trinajstić information content (AvgIpc) is 3.76. The second-order valence-electron chi connectivity index (χ2n) is 8.99. The summed E-state index contributed by atoms with van der Waals surface area (Å²) in [6.45, 7) is 0. The van der Waals surface area contributed by atoms with Crippen LogP contribution in [0.1, 0.15) is 41.6 Å². The van der Waals surface area contributed by atoms with E-state index in [1.54, 1.807) is 36.4 Å². The Bertz CT molecular complexity index is 1600. The number of hydrogen-bond acceptors (Lipinski definition) is 9. The van der Waals surface area contributed by atoms with Gasteiger partial charge in [0.05, 0.1) is 36.8 Å². The Morgan fingerprint density at radius 3 is 1.32 bits per heavy atom. The van der Waals surface area contributed by atoms with Gasteiger partial charge in [-0.1, -0.05) is 60.7 Å². The molecule has 0 saturated heterocycles. The zero-order valence-corrected chi connectivity index (χ0v) is 24.6. The van der Waals surface area contributed by atoms with Crippen molar-refractivity contribution in [3.8, 4) is 19.5 Å². The van der Waals surface area contributed by atoms with Crippen LogP contribution in [0, 0.1) is 0 Å². The monoisotopic (exact) mass is 600 g/mol. The minimum absolute atomic E-state index is 0.0277. The Morgan fingerprint density at radius 1 is 0.561 bits per heavy atom. The molecule has 3 aromatic heterocycles. The van der Waals surface area contributed by atoms with Crippen molar-refractivity contribution >= 4 is 57.5 Å². The number of ketones is 2. The van der Waals surface area contributed by atoms with Gasteiger partial charge in [-0.25, -0.2) is 0 Å². The van der Waals surface area contributed by atoms with E-state index in [4.69, 9.17) is 9.47 Å². The molecule has 0 radical (unpaired) electrons. The maximum absolute atomic E-state index is 13.2. The standard InChI is InChI=1S/C32H24O6S3/c1-37-27(33)17-21-15-25(29(35)19-9-5-3-6-10-19)40-31(21)23-13-14-24(39-23)32-22(18-28(34)38-2)16-26(41-32)30(36)20-11-7-4-8-12-20/h3-16H,17-18H2,1-2H3. The lowest BCUT2D eigenvalue weighted by molar-refractivity contribution is -0.140. The summed E-state index contributed by atoms with van der Waals surface area (Å²) in [5.74, 6) is -1.04. The van der Waals surface area contributed by atoms with E-state index in [0.29, 0.717) is 32.0 Å². The van der Waals surface area contributed by atoms with Gasteiger partial charge in [0.1, 0.15) is 0 Å². The zero-order chi connectivity index (χ0) is 28.9. The van der Waals surface area contributed by atoms with Gasteiger partial charge in [-0.2, -0.15) is 0 Å². The first kappa shape index (κ1) is 28.4. The first-order valence-electron chi connectivity index (χ1n) is 12.6. The lowest BCUT2D eigenvalue weighted by atomic mass is 10.1. The van der Waals surface area contributed by atoms with Crippen LogP contribution in [0.2, 0.25) is 0 Å². The Kier molecular flexibility index (Phi) is 8.68. The molecule has 0 bridgehead atoms. The Morgan fingerprint density at radius 2 is 0.951 bits per heavy atom. The third-order valence-electron chi connectivity index (χ3n) is 6.32. The highest BCUT2D eigenvalue weighted by Crippen LogP contribution is 2.44. The number of hydrogen-bond donors (Lipinski definition) is 0. The molecule has 0 spiro atoms. The second kappa shape index (κ2) is 12.6. The molecule has 41 heavy (non-hydrogen) atoms. The number of methoxy groups -OCH3 is 2. The molecule has 0 amide bonds. The molecule has 206 valence electrons. The summed E-state index contributed by atoms with van der Waals surface area (Å²) in [6.07, 6.45) is 0.0555. The highest BCUT2D eigenvalue weighted by Gasteiger charge is 2.23. The zero-order valence-electron chi connectivity index (χ0n) is 22.2. The highest BCUT2D eigenvalue weighted by molar-refractivity contribution is 7.27. The van der Waals surface area contributed by atoms with Gasteiger partial charge in [0.25, 0.3) is 0 Å². The van der Waals surface area contributed by atoms with Crippen molar-refractivity contribution < 1.29 is 28.7 Å². The van der Waals surface area contributed by atoms with Gasteiger partial charge in [-0.3, -0.25) is 19.2 Å². The molecule has 9 heteroatoms. The molecule has 0 saturated carbocycles. The molecule has 3 heterocycles. The summed E-state index contributed by atoms with van der Waals surface area (Å²) in [6, 6.07) is 25.4. The first-order chi connectivity index (χ1) is 19.9. The first-order valence-corrected chi connectivity index (χ1v) is 15.0. The Labute approximate surface area is 248 Å². The van der Waals surface area contributed by atoms with E-state index in [2.05, 4.69) is 0 Å². The van der Waals surface area contributed by atoms with Crippen LogP contribution < -0.4 is 0 Å². The SMILES string of the molecule is COC(=O)Cc1cc(C(=O)c2ccccc2)sc1-c1ccc(-c2sc(C(=O)c3ccccc3)cc2CC(=O)OC)s1. The number of carbonyl (C=O) groups is 4. The van der Waals surface area contributed by atoms with Gasteiger partial charge < -0.3 is 9.47 Å². The van der Waals surface area contributed by atoms with Crippen LogP contribution in [0.4, 0.5) is 0 Å². The molecule has 0 aliphatic carbocycles. The predicted molar refractivity (Wildman–Crippen MR) is 162 cm³/mol. The highest BCUT2D eigenvalue weighted by atomic mass is 32.1. The number of ether oxygens (including phenoxy) is 2. The van der Waals surface area contributed by atoms with Crippen LogP contribution in [0.3, 0.4) is 0 Å². The number of benzene rings is 2. The van der Waals surface area contributed by atoms with Crippen LogP contribution in [-0.4, -0.2) is 37.7 Å². The molecule has 0 aliphatic heterocycles. The minimum atomic E-state index is -0.401. The van der Waals surface area contributed by atoms with E-state index >= 15 is 0 Å². The maximum Gasteiger partial charge on any atom is 0.310 e. The van der Waals surface area contributed by atoms with Gasteiger partial charge >= 0.3 is 11.9 Å². The molecule has 5 rings (SSSR count). The Hall–Kier alpha value is -4.18. The van der Waals surface area contributed by atoms with Crippen LogP contribution in [0.25, 0.3) is 19.5 Å². The molecule has 0 N–H and O–H groups in total. The fourth-order valence-electron chi connectivity index (χ4n) is 4.26. The van der Waals surface area contributed by atoms with Crippen molar-refractivity contribution in [2.45, 2.75) is 12.8 Å². The van der Waals surface area contributed by atoms with Gasteiger partial charge in [-0.05, 0) is 35.4 Å². The summed E-state index contributed by atoms with van der Waals surface area (Å²) < 4.78 is 9.82. The van der Waals surface area contributed by atoms with Crippen molar-refractivity contribution in [3.05, 3.63) is 117 Å². The van der Waals surface area contributed by atoms with Crippen molar-refractivity contribution in [1.82, 2.24) is 0 Å². The van der Waals surface area contributed by atoms with Crippen LogP contribution in [-0.2, 0) is 31.9 Å². The van der Waals surface area contributed by atoms with E-state index in [1.807, 2.05) is 48.5 Å². The molecular weight excluding hydrogens is 577 g/mol. The lowest BCUT2D eigenvalue weighted by Gasteiger charge is -2.01. The quantitative estimate of drug-likeness (QED) is 0.126. The summed E-state index contributed by atoms with van der Waals surface area (Å²) in [5, 5.41) is 0. The van der Waals surface area contributed by atoms with Gasteiger partial charge in [0.15, 0.2) is 0 Å². The predicted octanol–water partition coefficient (Wildman–Crippen LogP) is 7.10. The normalized spacial score (nSPS) is 10.8. The molecule has 5 aromatic rings. The van der Waals surface area contributed by atoms with Crippen LogP contribution >= 0.6 is 34.0 Å². The fraction of sp³-hybridized carbons (Fsp3) is 0.125. The summed E-state index contributed by atoms with van der Waals surface area (Å²) >= 11 is 4.13. The van der Waals surface area contributed by atoms with Crippen LogP contribution in [0.15, 0.2) is 84.9 Å². The fourth-order valence-corrected chi connectivity index (χ4v) is 7.84. The third kappa shape index (κ3) is 6.27. The van der Waals surface area contributed by atoms with Crippen molar-refractivity contribution in [2.75, 3.05) is 14.2 Å². The van der Waals surface area contributed by atoms with Crippen molar-refractivity contribution in [2.24, 2.45) is 0 Å². The van der Waals surface area contributed by atoms with Crippen molar-refractivity contribution in [1.29, 1.82) is 0 Å². The molecule has 0 fully saturated rings. The minimum Gasteiger partial charge on any atom is -0.469 e. The van der Waals surface area contributed by atoms with Crippen molar-refractivity contribution in [3.63, 3.8) is 0 Å². The molecule has 0 unspecified atom stereocenters. The second-order valence-corrected chi connectivity index (χ2v) is 12.2. The lowest BCUT2D eigenvalue weighted by Crippen LogP contribution is -2.04. The number of esters is 2. The molecule has 6 nitrogen and oxygen atoms in total. The summed E-state index contributed by atoms with van der Waals surface area (Å²) in [5.41, 5.74) is 2.54. The third-order valence-corrected chi connectivity index (χ3v) is 10.1.